The number of aromatic nitrogens is 2. The van der Waals surface area contributed by atoms with E-state index >= 15 is 0 Å². The van der Waals surface area contributed by atoms with Crippen LogP contribution < -0.4 is 0 Å². The minimum Gasteiger partial charge on any atom is -0.342 e. The van der Waals surface area contributed by atoms with Gasteiger partial charge in [0, 0.05) is 56.3 Å². The maximum atomic E-state index is 12.8. The lowest BCUT2D eigenvalue weighted by atomic mass is 9.95. The first kappa shape index (κ1) is 20.4. The summed E-state index contributed by atoms with van der Waals surface area (Å²) in [4.78, 5) is 33.4. The topological polar surface area (TPSA) is 58.4 Å². The van der Waals surface area contributed by atoms with Gasteiger partial charge in [0.25, 0.3) is 0 Å². The molecular weight excluding hydrogens is 376 g/mol. The normalized spacial score (nSPS) is 18.5. The van der Waals surface area contributed by atoms with Gasteiger partial charge in [-0.1, -0.05) is 25.0 Å². The van der Waals surface area contributed by atoms with Crippen LogP contribution in [-0.2, 0) is 9.59 Å². The largest absolute Gasteiger partial charge is 0.342 e. The van der Waals surface area contributed by atoms with Crippen molar-refractivity contribution < 1.29 is 9.59 Å². The van der Waals surface area contributed by atoms with Crippen molar-refractivity contribution in [2.24, 2.45) is 5.92 Å². The van der Waals surface area contributed by atoms with E-state index in [-0.39, 0.29) is 11.8 Å². The van der Waals surface area contributed by atoms with Crippen LogP contribution in [0.2, 0.25) is 0 Å². The van der Waals surface area contributed by atoms with Crippen LogP contribution in [0, 0.1) is 5.92 Å². The van der Waals surface area contributed by atoms with Crippen molar-refractivity contribution in [3.63, 3.8) is 0 Å². The minimum atomic E-state index is 0.0226. The number of amides is 2. The average Bonchev–Trinajstić information content (AvgIpc) is 3.20. The fourth-order valence-corrected chi connectivity index (χ4v) is 4.34. The number of hydrogen-bond donors (Lipinski definition) is 0. The summed E-state index contributed by atoms with van der Waals surface area (Å²) in [5.41, 5.74) is 2.02. The molecule has 3 heterocycles. The van der Waals surface area contributed by atoms with Crippen LogP contribution in [0.1, 0.15) is 44.1 Å². The van der Waals surface area contributed by atoms with E-state index in [0.717, 1.165) is 50.0 Å². The van der Waals surface area contributed by atoms with Gasteiger partial charge in [0.2, 0.25) is 11.8 Å². The first-order valence-electron chi connectivity index (χ1n) is 11.0. The molecule has 2 aliphatic heterocycles. The van der Waals surface area contributed by atoms with Crippen LogP contribution in [0.5, 0.6) is 0 Å². The summed E-state index contributed by atoms with van der Waals surface area (Å²) in [5, 5.41) is 0. The molecule has 30 heavy (non-hydrogen) atoms. The number of rotatable bonds is 4. The molecule has 0 spiro atoms. The summed E-state index contributed by atoms with van der Waals surface area (Å²) < 4.78 is 1.94. The van der Waals surface area contributed by atoms with Crippen LogP contribution in [0.3, 0.4) is 0 Å². The molecule has 2 fully saturated rings. The van der Waals surface area contributed by atoms with Crippen molar-refractivity contribution >= 4 is 17.9 Å². The number of nitrogens with zero attached hydrogens (tertiary/aromatic N) is 4. The Bertz CT molecular complexity index is 857. The lowest BCUT2D eigenvalue weighted by Gasteiger charge is -2.33. The minimum absolute atomic E-state index is 0.0226. The Morgan fingerprint density at radius 2 is 1.60 bits per heavy atom. The van der Waals surface area contributed by atoms with Crippen molar-refractivity contribution in [1.29, 1.82) is 0 Å². The van der Waals surface area contributed by atoms with E-state index < -0.39 is 0 Å². The van der Waals surface area contributed by atoms with Crippen LogP contribution in [0.25, 0.3) is 11.8 Å². The maximum Gasteiger partial charge on any atom is 0.246 e. The number of hydrogen-bond acceptors (Lipinski definition) is 3. The highest BCUT2D eigenvalue weighted by Gasteiger charge is 2.29. The molecule has 0 atom stereocenters. The zero-order valence-electron chi connectivity index (χ0n) is 17.4. The summed E-state index contributed by atoms with van der Waals surface area (Å²) in [6.45, 7) is 3.13. The van der Waals surface area contributed by atoms with Gasteiger partial charge in [-0.15, -0.1) is 0 Å². The third-order valence-electron chi connectivity index (χ3n) is 6.19. The van der Waals surface area contributed by atoms with Gasteiger partial charge in [-0.25, -0.2) is 4.98 Å². The molecule has 6 heteroatoms. The van der Waals surface area contributed by atoms with Crippen molar-refractivity contribution in [1.82, 2.24) is 19.4 Å². The van der Waals surface area contributed by atoms with E-state index in [1.54, 1.807) is 18.6 Å². The lowest BCUT2D eigenvalue weighted by Crippen LogP contribution is -2.44. The van der Waals surface area contributed by atoms with Crippen LogP contribution in [0.15, 0.2) is 49.1 Å². The molecule has 1 aromatic carbocycles. The molecular formula is C24H30N4O2. The zero-order valence-corrected chi connectivity index (χ0v) is 17.4. The molecule has 0 N–H and O–H groups in total. The predicted molar refractivity (Wildman–Crippen MR) is 117 cm³/mol. The smallest absolute Gasteiger partial charge is 0.246 e. The van der Waals surface area contributed by atoms with Crippen molar-refractivity contribution in [2.75, 3.05) is 26.2 Å². The van der Waals surface area contributed by atoms with Gasteiger partial charge in [0.05, 0.1) is 6.33 Å². The summed E-state index contributed by atoms with van der Waals surface area (Å²) in [5.74, 6) is 0.402. The van der Waals surface area contributed by atoms with Crippen molar-refractivity contribution in [3.05, 3.63) is 54.6 Å². The SMILES string of the molecule is O=C(C=Cc1ccc(-n2ccnc2)cc1)N1CCC(C(=O)N2CCCCCC2)CC1. The predicted octanol–water partition coefficient (Wildman–Crippen LogP) is 3.53. The number of carbonyl (C=O) groups is 2. The lowest BCUT2D eigenvalue weighted by molar-refractivity contribution is -0.139. The van der Waals surface area contributed by atoms with Crippen LogP contribution in [0.4, 0.5) is 0 Å². The van der Waals surface area contributed by atoms with Gasteiger partial charge in [0.15, 0.2) is 0 Å². The Kier molecular flexibility index (Phi) is 6.62. The number of imidazole rings is 1. The maximum absolute atomic E-state index is 12.8. The standard InChI is InChI=1S/C24H30N4O2/c29-23(10-7-20-5-8-22(9-6-20)28-18-13-25-19-28)26-16-11-21(12-17-26)24(30)27-14-3-1-2-4-15-27/h5-10,13,18-19,21H,1-4,11-12,14-17H2. The number of likely N-dealkylation sites (tertiary alicyclic amines) is 2. The molecule has 158 valence electrons. The Morgan fingerprint density at radius 3 is 2.23 bits per heavy atom. The zero-order chi connectivity index (χ0) is 20.8. The third kappa shape index (κ3) is 4.99. The van der Waals surface area contributed by atoms with E-state index in [0.29, 0.717) is 19.0 Å². The Labute approximate surface area is 178 Å². The summed E-state index contributed by atoms with van der Waals surface area (Å²) in [6, 6.07) is 7.99. The molecule has 4 rings (SSSR count). The highest BCUT2D eigenvalue weighted by atomic mass is 16.2. The number of piperidine rings is 1. The van der Waals surface area contributed by atoms with E-state index in [1.807, 2.05) is 46.0 Å². The molecule has 0 radical (unpaired) electrons. The van der Waals surface area contributed by atoms with E-state index in [1.165, 1.54) is 12.8 Å². The third-order valence-corrected chi connectivity index (χ3v) is 6.19. The fraction of sp³-hybridized carbons (Fsp3) is 0.458. The summed E-state index contributed by atoms with van der Waals surface area (Å²) >= 11 is 0. The fourth-order valence-electron chi connectivity index (χ4n) is 4.34. The molecule has 6 nitrogen and oxygen atoms in total. The van der Waals surface area contributed by atoms with Gasteiger partial charge in [-0.2, -0.15) is 0 Å². The quantitative estimate of drug-likeness (QED) is 0.730. The monoisotopic (exact) mass is 406 g/mol. The molecule has 0 aliphatic carbocycles. The molecule has 2 saturated heterocycles. The van der Waals surface area contributed by atoms with Crippen molar-refractivity contribution in [3.8, 4) is 5.69 Å². The Hall–Kier alpha value is -2.89. The highest BCUT2D eigenvalue weighted by Crippen LogP contribution is 2.22. The molecule has 2 amide bonds. The molecule has 2 aliphatic rings. The Balaban J connectivity index is 1.27. The first-order valence-corrected chi connectivity index (χ1v) is 11.0. The van der Waals surface area contributed by atoms with Crippen LogP contribution in [-0.4, -0.2) is 57.3 Å². The highest BCUT2D eigenvalue weighted by molar-refractivity contribution is 5.92. The number of benzene rings is 1. The van der Waals surface area contributed by atoms with E-state index in [4.69, 9.17) is 0 Å². The van der Waals surface area contributed by atoms with Crippen molar-refractivity contribution in [2.45, 2.75) is 38.5 Å². The van der Waals surface area contributed by atoms with Gasteiger partial charge in [0.1, 0.15) is 0 Å². The summed E-state index contributed by atoms with van der Waals surface area (Å²) in [6.07, 6.45) is 15.2. The van der Waals surface area contributed by atoms with Gasteiger partial charge in [-0.3, -0.25) is 9.59 Å². The first-order chi connectivity index (χ1) is 14.7. The van der Waals surface area contributed by atoms with Gasteiger partial charge < -0.3 is 14.4 Å². The summed E-state index contributed by atoms with van der Waals surface area (Å²) in [7, 11) is 0. The second-order valence-corrected chi connectivity index (χ2v) is 8.23. The molecule has 0 bridgehead atoms. The molecule has 2 aromatic rings. The van der Waals surface area contributed by atoms with E-state index in [2.05, 4.69) is 9.88 Å². The van der Waals surface area contributed by atoms with Crippen LogP contribution >= 0.6 is 0 Å². The second-order valence-electron chi connectivity index (χ2n) is 8.23. The second kappa shape index (κ2) is 9.74. The van der Waals surface area contributed by atoms with E-state index in [9.17, 15) is 9.59 Å². The molecule has 0 unspecified atom stereocenters. The molecule has 1 aromatic heterocycles. The average molecular weight is 407 g/mol. The van der Waals surface area contributed by atoms with Gasteiger partial charge in [-0.05, 0) is 49.5 Å². The molecule has 0 saturated carbocycles. The number of carbonyl (C=O) groups excluding carboxylic acids is 2. The Morgan fingerprint density at radius 1 is 0.900 bits per heavy atom. The van der Waals surface area contributed by atoms with Gasteiger partial charge >= 0.3 is 0 Å².